The van der Waals surface area contributed by atoms with Crippen LogP contribution in [0, 0.1) is 0 Å². The Morgan fingerprint density at radius 2 is 0.744 bits per heavy atom. The Labute approximate surface area is 481 Å². The van der Waals surface area contributed by atoms with Crippen molar-refractivity contribution in [3.63, 3.8) is 0 Å². The van der Waals surface area contributed by atoms with Crippen molar-refractivity contribution in [2.45, 2.75) is 397 Å². The van der Waals surface area contributed by atoms with E-state index in [1.54, 1.807) is 0 Å². The highest BCUT2D eigenvalue weighted by molar-refractivity contribution is 7.80. The van der Waals surface area contributed by atoms with Crippen LogP contribution in [0.4, 0.5) is 0 Å². The van der Waals surface area contributed by atoms with E-state index in [2.05, 4.69) is 23.3 Å². The Morgan fingerprint density at radius 1 is 0.462 bits per heavy atom. The van der Waals surface area contributed by atoms with E-state index in [-0.39, 0.29) is 12.5 Å². The van der Waals surface area contributed by atoms with Crippen molar-refractivity contribution in [2.24, 2.45) is 0 Å². The van der Waals surface area contributed by atoms with Gasteiger partial charge in [-0.1, -0.05) is 335 Å². The lowest BCUT2D eigenvalue weighted by molar-refractivity contribution is -0.298. The molecule has 1 saturated heterocycles. The van der Waals surface area contributed by atoms with Crippen molar-refractivity contribution in [2.75, 3.05) is 13.2 Å². The number of rotatable bonds is 61. The lowest BCUT2D eigenvalue weighted by atomic mass is 9.99. The summed E-state index contributed by atoms with van der Waals surface area (Å²) in [7, 11) is -5.08. The monoisotopic (exact) mass is 1130 g/mol. The van der Waals surface area contributed by atoms with Gasteiger partial charge in [0, 0.05) is 6.42 Å². The van der Waals surface area contributed by atoms with Gasteiger partial charge < -0.3 is 35.2 Å². The first kappa shape index (κ1) is 75.1. The van der Waals surface area contributed by atoms with E-state index >= 15 is 0 Å². The van der Waals surface area contributed by atoms with E-state index in [4.69, 9.17) is 9.47 Å². The second kappa shape index (κ2) is 55.3. The molecule has 1 heterocycles. The molecule has 0 aromatic heterocycles. The van der Waals surface area contributed by atoms with Gasteiger partial charge in [-0.15, -0.1) is 0 Å². The summed E-state index contributed by atoms with van der Waals surface area (Å²) >= 11 is 0. The Hall–Kier alpha value is -0.900. The van der Waals surface area contributed by atoms with E-state index in [0.29, 0.717) is 12.8 Å². The zero-order valence-corrected chi connectivity index (χ0v) is 51.8. The van der Waals surface area contributed by atoms with E-state index in [0.717, 1.165) is 51.4 Å². The Morgan fingerprint density at radius 3 is 1.03 bits per heavy atom. The van der Waals surface area contributed by atoms with Gasteiger partial charge >= 0.3 is 10.4 Å². The summed E-state index contributed by atoms with van der Waals surface area (Å²) < 4.78 is 48.1. The molecule has 1 rings (SSSR count). The average molecular weight is 1130 g/mol. The maximum absolute atomic E-state index is 13.2. The van der Waals surface area contributed by atoms with Crippen LogP contribution >= 0.6 is 0 Å². The number of carbonyl (C=O) groups is 1. The molecule has 13 heteroatoms. The molecule has 0 saturated carbocycles. The first-order chi connectivity index (χ1) is 38.0. The van der Waals surface area contributed by atoms with Gasteiger partial charge in [0.25, 0.3) is 0 Å². The molecule has 0 radical (unpaired) electrons. The fourth-order valence-corrected chi connectivity index (χ4v) is 12.0. The standard InChI is InChI=1S/C65H129NO11S/c1-3-5-7-9-11-13-15-17-19-21-23-24-25-26-27-28-29-30-31-32-33-34-35-37-39-41-43-45-47-49-51-53-55-61(69)66-58(57-75-65-63(71)64(77-78(72,73)74)62(70)60(56-67)76-65)59(68)54-52-50-48-46-44-42-40-38-36-22-20-18-16-14-12-10-8-6-4-2/h58-60,62-65,67-68,70-71H,3-57H2,1-2H3,(H,66,69)(H,72,73,74). The Balaban J connectivity index is 2.20. The Kier molecular flexibility index (Phi) is 53.3. The van der Waals surface area contributed by atoms with Crippen molar-refractivity contribution >= 4 is 16.3 Å². The van der Waals surface area contributed by atoms with E-state index in [1.807, 2.05) is 0 Å². The normalized spacial score (nSPS) is 18.7. The summed E-state index contributed by atoms with van der Waals surface area (Å²) in [6.07, 6.45) is 58.5. The largest absolute Gasteiger partial charge is 0.397 e. The third kappa shape index (κ3) is 46.6. The lowest BCUT2D eigenvalue weighted by Gasteiger charge is -2.41. The Bertz CT molecular complexity index is 1380. The van der Waals surface area contributed by atoms with E-state index in [1.165, 1.54) is 276 Å². The molecule has 1 fully saturated rings. The molecular formula is C65H129NO11S. The van der Waals surface area contributed by atoms with Crippen LogP contribution in [0.3, 0.4) is 0 Å². The highest BCUT2D eigenvalue weighted by Gasteiger charge is 2.48. The number of amides is 1. The smallest absolute Gasteiger partial charge is 0.394 e. The first-order valence-electron chi connectivity index (χ1n) is 33.9. The van der Waals surface area contributed by atoms with Crippen molar-refractivity contribution in [1.29, 1.82) is 0 Å². The van der Waals surface area contributed by atoms with Gasteiger partial charge in [-0.05, 0) is 12.8 Å². The second-order valence-corrected chi connectivity index (χ2v) is 25.2. The van der Waals surface area contributed by atoms with Gasteiger partial charge in [-0.2, -0.15) is 8.42 Å². The number of unbranched alkanes of at least 4 members (excludes halogenated alkanes) is 49. The maximum atomic E-state index is 13.2. The number of ether oxygens (including phenoxy) is 2. The van der Waals surface area contributed by atoms with Crippen LogP contribution in [0.15, 0.2) is 0 Å². The molecule has 1 aliphatic heterocycles. The molecule has 0 bridgehead atoms. The van der Waals surface area contributed by atoms with Crippen molar-refractivity contribution < 1.29 is 51.8 Å². The summed E-state index contributed by atoms with van der Waals surface area (Å²) in [4.78, 5) is 13.2. The van der Waals surface area contributed by atoms with E-state index in [9.17, 15) is 38.2 Å². The van der Waals surface area contributed by atoms with Crippen molar-refractivity contribution in [3.8, 4) is 0 Å². The van der Waals surface area contributed by atoms with Crippen molar-refractivity contribution in [3.05, 3.63) is 0 Å². The maximum Gasteiger partial charge on any atom is 0.397 e. The minimum Gasteiger partial charge on any atom is -0.394 e. The molecule has 1 aliphatic rings. The average Bonchev–Trinajstić information content (AvgIpc) is 3.42. The first-order valence-corrected chi connectivity index (χ1v) is 35.3. The number of carbonyl (C=O) groups excluding carboxylic acids is 1. The van der Waals surface area contributed by atoms with Crippen LogP contribution in [0.5, 0.6) is 0 Å². The third-order valence-electron chi connectivity index (χ3n) is 16.7. The predicted molar refractivity (Wildman–Crippen MR) is 324 cm³/mol. The zero-order valence-electron chi connectivity index (χ0n) is 51.0. The zero-order chi connectivity index (χ0) is 56.8. The van der Waals surface area contributed by atoms with Crippen LogP contribution in [-0.2, 0) is 28.9 Å². The van der Waals surface area contributed by atoms with Crippen LogP contribution in [0.1, 0.15) is 354 Å². The van der Waals surface area contributed by atoms with Gasteiger partial charge in [0.05, 0.1) is 25.4 Å². The molecule has 78 heavy (non-hydrogen) atoms. The molecule has 0 aromatic rings. The van der Waals surface area contributed by atoms with Gasteiger partial charge in [0.1, 0.15) is 24.4 Å². The summed E-state index contributed by atoms with van der Waals surface area (Å²) in [5.74, 6) is -0.220. The van der Waals surface area contributed by atoms with Crippen LogP contribution < -0.4 is 5.32 Å². The fraction of sp³-hybridized carbons (Fsp3) is 0.985. The molecule has 0 aliphatic carbocycles. The number of hydrogen-bond acceptors (Lipinski definition) is 10. The molecular weight excluding hydrogens is 1000 g/mol. The molecule has 466 valence electrons. The summed E-state index contributed by atoms with van der Waals surface area (Å²) in [6.45, 7) is 3.52. The molecule has 1 amide bonds. The van der Waals surface area contributed by atoms with Crippen molar-refractivity contribution in [1.82, 2.24) is 5.32 Å². The second-order valence-electron chi connectivity index (χ2n) is 24.1. The predicted octanol–water partition coefficient (Wildman–Crippen LogP) is 17.2. The summed E-state index contributed by atoms with van der Waals surface area (Å²) in [6, 6.07) is -0.854. The van der Waals surface area contributed by atoms with Crippen LogP contribution in [0.25, 0.3) is 0 Å². The highest BCUT2D eigenvalue weighted by atomic mass is 32.3. The van der Waals surface area contributed by atoms with Gasteiger partial charge in [0.15, 0.2) is 6.29 Å². The molecule has 0 aromatic carbocycles. The number of aliphatic hydroxyl groups is 4. The number of aliphatic hydroxyl groups excluding tert-OH is 4. The third-order valence-corrected chi connectivity index (χ3v) is 17.1. The minimum atomic E-state index is -5.08. The fourth-order valence-electron chi connectivity index (χ4n) is 11.5. The van der Waals surface area contributed by atoms with Gasteiger partial charge in [-0.3, -0.25) is 9.35 Å². The SMILES string of the molecule is CCCCCCCCCCCCCCCCCCCCCCCCCCCCCCCCCCC(=O)NC(COC1OC(CO)C(O)C(OS(=O)(=O)O)C1O)C(O)CCCCCCCCCCCCCCCCCCCCC. The molecule has 7 atom stereocenters. The molecule has 6 N–H and O–H groups in total. The number of nitrogens with one attached hydrogen (secondary N) is 1. The summed E-state index contributed by atoms with van der Waals surface area (Å²) in [5.41, 5.74) is 0. The quantitative estimate of drug-likeness (QED) is 0.0251. The van der Waals surface area contributed by atoms with Gasteiger partial charge in [0.2, 0.25) is 5.91 Å². The lowest BCUT2D eigenvalue weighted by Crippen LogP contribution is -2.61. The molecule has 0 spiro atoms. The number of hydrogen-bond donors (Lipinski definition) is 6. The topological polar surface area (TPSA) is 192 Å². The molecule has 12 nitrogen and oxygen atoms in total. The highest BCUT2D eigenvalue weighted by Crippen LogP contribution is 2.27. The van der Waals surface area contributed by atoms with E-state index < -0.39 is 59.9 Å². The van der Waals surface area contributed by atoms with Crippen LogP contribution in [-0.4, -0.2) is 95.4 Å². The minimum absolute atomic E-state index is 0.220. The van der Waals surface area contributed by atoms with Crippen LogP contribution in [0.2, 0.25) is 0 Å². The molecule has 7 unspecified atom stereocenters. The van der Waals surface area contributed by atoms with Gasteiger partial charge in [-0.25, -0.2) is 4.18 Å². The summed E-state index contributed by atoms with van der Waals surface area (Å²) in [5, 5.41) is 45.3.